The first kappa shape index (κ1) is 21.1. The Morgan fingerprint density at radius 1 is 1.00 bits per heavy atom. The minimum absolute atomic E-state index is 0.165. The predicted molar refractivity (Wildman–Crippen MR) is 127 cm³/mol. The molecule has 1 aliphatic rings. The van der Waals surface area contributed by atoms with Crippen LogP contribution in [0.1, 0.15) is 23.8 Å². The first-order valence-corrected chi connectivity index (χ1v) is 12.9. The van der Waals surface area contributed by atoms with Gasteiger partial charge in [0.1, 0.15) is 0 Å². The zero-order valence-electron chi connectivity index (χ0n) is 17.4. The molecule has 3 aromatic carbocycles. The van der Waals surface area contributed by atoms with Crippen LogP contribution in [0.25, 0.3) is 21.0 Å². The summed E-state index contributed by atoms with van der Waals surface area (Å²) >= 11 is 1.72. The van der Waals surface area contributed by atoms with Crippen LogP contribution in [0.15, 0.2) is 71.6 Å². The Labute approximate surface area is 190 Å². The van der Waals surface area contributed by atoms with E-state index in [9.17, 15) is 13.2 Å². The highest BCUT2D eigenvalue weighted by atomic mass is 32.2. The van der Waals surface area contributed by atoms with E-state index in [-0.39, 0.29) is 17.3 Å². The zero-order chi connectivity index (χ0) is 22.1. The van der Waals surface area contributed by atoms with Gasteiger partial charge in [-0.25, -0.2) is 18.1 Å². The summed E-state index contributed by atoms with van der Waals surface area (Å²) in [5, 5.41) is 2.94. The van der Waals surface area contributed by atoms with Gasteiger partial charge in [-0.05, 0) is 47.9 Å². The molecule has 0 bridgehead atoms. The number of carbonyl (C=O) groups is 1. The molecule has 2 heterocycles. The lowest BCUT2D eigenvalue weighted by Gasteiger charge is -2.31. The lowest BCUT2D eigenvalue weighted by atomic mass is 9.97. The third-order valence-electron chi connectivity index (χ3n) is 5.95. The van der Waals surface area contributed by atoms with Gasteiger partial charge in [-0.1, -0.05) is 42.5 Å². The summed E-state index contributed by atoms with van der Waals surface area (Å²) < 4.78 is 29.0. The summed E-state index contributed by atoms with van der Waals surface area (Å²) in [5.41, 5.74) is 1.02. The Bertz CT molecular complexity index is 1360. The SMILES string of the molecule is O=C(CNS(=O)(=O)c1ccc2ccccc2c1)N1CCC(c2nc3ccccc3s2)CC1. The highest BCUT2D eigenvalue weighted by Crippen LogP contribution is 2.33. The molecule has 5 rings (SSSR count). The molecule has 1 fully saturated rings. The van der Waals surface area contributed by atoms with Gasteiger partial charge in [0.05, 0.1) is 26.7 Å². The average molecular weight is 466 g/mol. The molecule has 0 aliphatic carbocycles. The standard InChI is InChI=1S/C24H23N3O3S2/c28-23(16-25-32(29,30)20-10-9-17-5-1-2-6-19(17)15-20)27-13-11-18(12-14-27)24-26-21-7-3-4-8-22(21)31-24/h1-10,15,18,25H,11-14,16H2. The van der Waals surface area contributed by atoms with Gasteiger partial charge in [0.15, 0.2) is 0 Å². The van der Waals surface area contributed by atoms with Crippen molar-refractivity contribution in [2.24, 2.45) is 0 Å². The van der Waals surface area contributed by atoms with Gasteiger partial charge in [0.2, 0.25) is 15.9 Å². The molecular weight excluding hydrogens is 442 g/mol. The Balaban J connectivity index is 1.19. The number of likely N-dealkylation sites (tertiary alicyclic amines) is 1. The lowest BCUT2D eigenvalue weighted by molar-refractivity contribution is -0.130. The number of nitrogens with one attached hydrogen (secondary N) is 1. The van der Waals surface area contributed by atoms with Gasteiger partial charge in [0.25, 0.3) is 0 Å². The molecule has 1 amide bonds. The molecule has 0 atom stereocenters. The van der Waals surface area contributed by atoms with E-state index in [1.165, 1.54) is 4.70 Å². The number of para-hydroxylation sites is 1. The van der Waals surface area contributed by atoms with Crippen LogP contribution in [0.2, 0.25) is 0 Å². The predicted octanol–water partition coefficient (Wildman–Crippen LogP) is 4.13. The first-order valence-electron chi connectivity index (χ1n) is 10.6. The Kier molecular flexibility index (Phi) is 5.67. The number of sulfonamides is 1. The molecule has 32 heavy (non-hydrogen) atoms. The summed E-state index contributed by atoms with van der Waals surface area (Å²) in [6, 6.07) is 20.7. The van der Waals surface area contributed by atoms with Crippen LogP contribution < -0.4 is 4.72 Å². The number of rotatable bonds is 5. The van der Waals surface area contributed by atoms with Gasteiger partial charge in [0, 0.05) is 19.0 Å². The molecule has 6 nitrogen and oxygen atoms in total. The third kappa shape index (κ3) is 4.26. The summed E-state index contributed by atoms with van der Waals surface area (Å²) in [5.74, 6) is 0.142. The maximum absolute atomic E-state index is 12.7. The second-order valence-electron chi connectivity index (χ2n) is 8.01. The fraction of sp³-hybridized carbons (Fsp3) is 0.250. The normalized spacial score (nSPS) is 15.4. The van der Waals surface area contributed by atoms with Gasteiger partial charge >= 0.3 is 0 Å². The number of piperidine rings is 1. The fourth-order valence-corrected chi connectivity index (χ4v) is 6.27. The minimum atomic E-state index is -3.76. The van der Waals surface area contributed by atoms with E-state index in [0.29, 0.717) is 19.0 Å². The number of carbonyl (C=O) groups excluding carboxylic acids is 1. The number of benzene rings is 3. The van der Waals surface area contributed by atoms with Crippen molar-refractivity contribution in [2.45, 2.75) is 23.7 Å². The molecular formula is C24H23N3O3S2. The van der Waals surface area contributed by atoms with Crippen LogP contribution in [-0.4, -0.2) is 43.8 Å². The molecule has 1 aromatic heterocycles. The number of aromatic nitrogens is 1. The van der Waals surface area contributed by atoms with Gasteiger partial charge in [-0.2, -0.15) is 0 Å². The molecule has 0 saturated carbocycles. The van der Waals surface area contributed by atoms with E-state index in [1.807, 2.05) is 42.5 Å². The number of amides is 1. The maximum Gasteiger partial charge on any atom is 0.241 e. The van der Waals surface area contributed by atoms with Gasteiger partial charge < -0.3 is 4.90 Å². The van der Waals surface area contributed by atoms with Crippen molar-refractivity contribution >= 4 is 48.3 Å². The molecule has 0 unspecified atom stereocenters. The van der Waals surface area contributed by atoms with Crippen LogP contribution in [0, 0.1) is 0 Å². The highest BCUT2D eigenvalue weighted by Gasteiger charge is 2.26. The van der Waals surface area contributed by atoms with E-state index < -0.39 is 10.0 Å². The summed E-state index contributed by atoms with van der Waals surface area (Å²) in [7, 11) is -3.76. The number of nitrogens with zero attached hydrogens (tertiary/aromatic N) is 2. The van der Waals surface area contributed by atoms with Crippen LogP contribution in [0.4, 0.5) is 0 Å². The Hall–Kier alpha value is -2.81. The zero-order valence-corrected chi connectivity index (χ0v) is 19.0. The Morgan fingerprint density at radius 2 is 1.72 bits per heavy atom. The van der Waals surface area contributed by atoms with Crippen molar-refractivity contribution in [3.63, 3.8) is 0 Å². The van der Waals surface area contributed by atoms with Crippen molar-refractivity contribution in [2.75, 3.05) is 19.6 Å². The number of hydrogen-bond donors (Lipinski definition) is 1. The quantitative estimate of drug-likeness (QED) is 0.481. The van der Waals surface area contributed by atoms with Crippen LogP contribution >= 0.6 is 11.3 Å². The number of thiazole rings is 1. The van der Waals surface area contributed by atoms with Crippen LogP contribution in [0.5, 0.6) is 0 Å². The lowest BCUT2D eigenvalue weighted by Crippen LogP contribution is -2.43. The summed E-state index contributed by atoms with van der Waals surface area (Å²) in [4.78, 5) is 19.3. The molecule has 1 N–H and O–H groups in total. The van der Waals surface area contributed by atoms with E-state index in [2.05, 4.69) is 10.8 Å². The topological polar surface area (TPSA) is 79.4 Å². The number of hydrogen-bond acceptors (Lipinski definition) is 5. The van der Waals surface area contributed by atoms with E-state index >= 15 is 0 Å². The molecule has 1 aliphatic heterocycles. The number of fused-ring (bicyclic) bond motifs is 2. The highest BCUT2D eigenvalue weighted by molar-refractivity contribution is 7.89. The molecule has 4 aromatic rings. The minimum Gasteiger partial charge on any atom is -0.342 e. The van der Waals surface area contributed by atoms with Crippen molar-refractivity contribution in [3.8, 4) is 0 Å². The Morgan fingerprint density at radius 3 is 2.50 bits per heavy atom. The molecule has 1 saturated heterocycles. The molecule has 8 heteroatoms. The van der Waals surface area contributed by atoms with E-state index in [4.69, 9.17) is 4.98 Å². The third-order valence-corrected chi connectivity index (χ3v) is 8.55. The first-order chi connectivity index (χ1) is 15.5. The van der Waals surface area contributed by atoms with Crippen molar-refractivity contribution in [1.82, 2.24) is 14.6 Å². The largest absolute Gasteiger partial charge is 0.342 e. The van der Waals surface area contributed by atoms with E-state index in [0.717, 1.165) is 34.1 Å². The summed E-state index contributed by atoms with van der Waals surface area (Å²) in [6.45, 7) is 0.981. The fourth-order valence-electron chi connectivity index (χ4n) is 4.13. The molecule has 0 spiro atoms. The van der Waals surface area contributed by atoms with Crippen LogP contribution in [-0.2, 0) is 14.8 Å². The smallest absolute Gasteiger partial charge is 0.241 e. The summed E-state index contributed by atoms with van der Waals surface area (Å²) in [6.07, 6.45) is 1.67. The van der Waals surface area contributed by atoms with Crippen LogP contribution in [0.3, 0.4) is 0 Å². The van der Waals surface area contributed by atoms with Gasteiger partial charge in [-0.3, -0.25) is 4.79 Å². The average Bonchev–Trinajstić information content (AvgIpc) is 3.27. The second kappa shape index (κ2) is 8.61. The van der Waals surface area contributed by atoms with E-state index in [1.54, 1.807) is 34.4 Å². The maximum atomic E-state index is 12.7. The van der Waals surface area contributed by atoms with Crippen molar-refractivity contribution in [3.05, 3.63) is 71.7 Å². The monoisotopic (exact) mass is 465 g/mol. The van der Waals surface area contributed by atoms with Crippen molar-refractivity contribution in [1.29, 1.82) is 0 Å². The van der Waals surface area contributed by atoms with Crippen molar-refractivity contribution < 1.29 is 13.2 Å². The molecule has 164 valence electrons. The van der Waals surface area contributed by atoms with Gasteiger partial charge in [-0.15, -0.1) is 11.3 Å². The molecule has 0 radical (unpaired) electrons. The second-order valence-corrected chi connectivity index (χ2v) is 10.8.